The van der Waals surface area contributed by atoms with E-state index in [4.69, 9.17) is 49.0 Å². The van der Waals surface area contributed by atoms with Crippen LogP contribution < -0.4 is 10.1 Å². The maximum atomic E-state index is 12.8. The number of rotatable bonds is 14. The van der Waals surface area contributed by atoms with Crippen molar-refractivity contribution in [2.75, 3.05) is 34.4 Å². The summed E-state index contributed by atoms with van der Waals surface area (Å²) in [5.74, 6) is -0.168. The number of hydrogen-bond acceptors (Lipinski definition) is 5. The van der Waals surface area contributed by atoms with Gasteiger partial charge in [0.1, 0.15) is 5.75 Å². The second kappa shape index (κ2) is 15.3. The monoisotopic (exact) mass is 584 g/mol. The minimum Gasteiger partial charge on any atom is -0.497 e. The van der Waals surface area contributed by atoms with Crippen LogP contribution in [0.25, 0.3) is 0 Å². The molecule has 0 aliphatic rings. The van der Waals surface area contributed by atoms with Gasteiger partial charge in [0, 0.05) is 25.9 Å². The van der Waals surface area contributed by atoms with Gasteiger partial charge in [-0.15, -0.1) is 0 Å². The van der Waals surface area contributed by atoms with E-state index in [0.29, 0.717) is 13.2 Å². The molecule has 0 unspecified atom stereocenters. The number of halogens is 3. The molecule has 0 radical (unpaired) electrons. The summed E-state index contributed by atoms with van der Waals surface area (Å²) in [6.07, 6.45) is 3.59. The van der Waals surface area contributed by atoms with Crippen molar-refractivity contribution in [3.8, 4) is 5.75 Å². The molecular formula is C28H35Cl3N2O5. The largest absolute Gasteiger partial charge is 0.497 e. The third kappa shape index (κ3) is 10.8. The number of amides is 2. The van der Waals surface area contributed by atoms with Gasteiger partial charge in [-0.05, 0) is 23.3 Å². The van der Waals surface area contributed by atoms with Gasteiger partial charge < -0.3 is 24.4 Å². The first kappa shape index (κ1) is 31.9. The molecule has 10 heteroatoms. The van der Waals surface area contributed by atoms with Gasteiger partial charge in [0.25, 0.3) is 9.70 Å². The van der Waals surface area contributed by atoms with Gasteiger partial charge >= 0.3 is 0 Å². The van der Waals surface area contributed by atoms with Crippen molar-refractivity contribution in [3.05, 3.63) is 77.9 Å². The van der Waals surface area contributed by atoms with Crippen LogP contribution in [0.15, 0.2) is 66.7 Å². The summed E-state index contributed by atoms with van der Waals surface area (Å²) < 4.78 is 14.8. The van der Waals surface area contributed by atoms with E-state index in [2.05, 4.69) is 5.32 Å². The van der Waals surface area contributed by atoms with Crippen molar-refractivity contribution < 1.29 is 23.8 Å². The van der Waals surface area contributed by atoms with Crippen molar-refractivity contribution in [3.63, 3.8) is 0 Å². The molecule has 0 saturated heterocycles. The summed E-state index contributed by atoms with van der Waals surface area (Å²) in [6, 6.07) is 16.5. The number of nitrogens with zero attached hydrogens (tertiary/aromatic N) is 1. The summed E-state index contributed by atoms with van der Waals surface area (Å²) in [4.78, 5) is 26.9. The van der Waals surface area contributed by atoms with Crippen molar-refractivity contribution in [2.24, 2.45) is 5.41 Å². The standard InChI is InChI=1S/C28H35Cl3N2O5/c1-27(17-25(34)33(2)3,20-38-19-21-9-6-5-7-10-21)24(32-26(35)28(29,30)31)11-8-16-37-18-22-12-14-23(36-4)15-13-22/h5-15,24H,16-20H2,1-4H3,(H,32,35)/b11-8+/t24-,27-/m0/s1. The van der Waals surface area contributed by atoms with Crippen LogP contribution in [0.3, 0.4) is 0 Å². The Kier molecular flexibility index (Phi) is 12.9. The molecule has 0 aliphatic carbocycles. The molecule has 0 aromatic heterocycles. The lowest BCUT2D eigenvalue weighted by molar-refractivity contribution is -0.133. The lowest BCUT2D eigenvalue weighted by Gasteiger charge is -2.37. The molecule has 2 aromatic rings. The molecule has 0 heterocycles. The van der Waals surface area contributed by atoms with E-state index < -0.39 is 21.2 Å². The van der Waals surface area contributed by atoms with Crippen LogP contribution in [0.5, 0.6) is 5.75 Å². The third-order valence-corrected chi connectivity index (χ3v) is 6.38. The Morgan fingerprint density at radius 3 is 2.16 bits per heavy atom. The fourth-order valence-corrected chi connectivity index (χ4v) is 3.73. The minimum absolute atomic E-state index is 0.0800. The Morgan fingerprint density at radius 2 is 1.58 bits per heavy atom. The smallest absolute Gasteiger partial charge is 0.272 e. The fraction of sp³-hybridized carbons (Fsp3) is 0.429. The number of carbonyl (C=O) groups is 2. The summed E-state index contributed by atoms with van der Waals surface area (Å²) in [7, 11) is 4.96. The van der Waals surface area contributed by atoms with Crippen molar-refractivity contribution in [1.82, 2.24) is 10.2 Å². The topological polar surface area (TPSA) is 77.1 Å². The molecule has 2 atom stereocenters. The Balaban J connectivity index is 2.18. The Morgan fingerprint density at radius 1 is 0.974 bits per heavy atom. The number of methoxy groups -OCH3 is 1. The third-order valence-electron chi connectivity index (χ3n) is 5.86. The highest BCUT2D eigenvalue weighted by Gasteiger charge is 2.40. The summed E-state index contributed by atoms with van der Waals surface area (Å²) in [6.45, 7) is 2.99. The first-order chi connectivity index (χ1) is 17.9. The van der Waals surface area contributed by atoms with E-state index in [1.807, 2.05) is 61.5 Å². The molecule has 2 amide bonds. The average molecular weight is 586 g/mol. The predicted octanol–water partition coefficient (Wildman–Crippen LogP) is 5.32. The molecule has 2 aromatic carbocycles. The van der Waals surface area contributed by atoms with Gasteiger partial charge in [-0.25, -0.2) is 0 Å². The highest BCUT2D eigenvalue weighted by molar-refractivity contribution is 6.76. The van der Waals surface area contributed by atoms with Crippen LogP contribution in [0.2, 0.25) is 0 Å². The van der Waals surface area contributed by atoms with Crippen LogP contribution in [-0.4, -0.2) is 61.0 Å². The molecule has 0 spiro atoms. The molecule has 7 nitrogen and oxygen atoms in total. The van der Waals surface area contributed by atoms with Crippen molar-refractivity contribution in [1.29, 1.82) is 0 Å². The zero-order valence-electron chi connectivity index (χ0n) is 22.1. The molecule has 0 fully saturated rings. The van der Waals surface area contributed by atoms with Crippen LogP contribution >= 0.6 is 34.8 Å². The predicted molar refractivity (Wildman–Crippen MR) is 152 cm³/mol. The summed E-state index contributed by atoms with van der Waals surface area (Å²) in [5, 5.41) is 2.77. The van der Waals surface area contributed by atoms with E-state index in [1.165, 1.54) is 4.90 Å². The zero-order chi connectivity index (χ0) is 28.2. The van der Waals surface area contributed by atoms with Gasteiger partial charge in [0.2, 0.25) is 5.91 Å². The lowest BCUT2D eigenvalue weighted by atomic mass is 9.79. The number of hydrogen-bond donors (Lipinski definition) is 1. The molecule has 0 saturated carbocycles. The number of alkyl halides is 3. The zero-order valence-corrected chi connectivity index (χ0v) is 24.4. The normalized spacial score (nSPS) is 14.1. The molecule has 0 bridgehead atoms. The number of ether oxygens (including phenoxy) is 3. The second-order valence-electron chi connectivity index (χ2n) is 9.34. The summed E-state index contributed by atoms with van der Waals surface area (Å²) in [5.41, 5.74) is 1.10. The van der Waals surface area contributed by atoms with Crippen molar-refractivity contribution in [2.45, 2.75) is 36.4 Å². The van der Waals surface area contributed by atoms with Crippen molar-refractivity contribution >= 4 is 46.6 Å². The Bertz CT molecular complexity index is 1040. The first-order valence-corrected chi connectivity index (χ1v) is 13.1. The number of benzene rings is 2. The van der Waals surface area contributed by atoms with Crippen LogP contribution in [0.1, 0.15) is 24.5 Å². The highest BCUT2D eigenvalue weighted by Crippen LogP contribution is 2.32. The SMILES string of the molecule is COc1ccc(COC/C=C/[C@H](NC(=O)C(Cl)(Cl)Cl)[C@](C)(COCc2ccccc2)CC(=O)N(C)C)cc1. The second-order valence-corrected chi connectivity index (χ2v) is 11.6. The van der Waals surface area contributed by atoms with E-state index in [1.54, 1.807) is 33.4 Å². The molecule has 0 aliphatic heterocycles. The quantitative estimate of drug-likeness (QED) is 0.184. The molecular weight excluding hydrogens is 551 g/mol. The Hall–Kier alpha value is -2.29. The molecule has 1 N–H and O–H groups in total. The van der Waals surface area contributed by atoms with Gasteiger partial charge in [0.15, 0.2) is 0 Å². The van der Waals surface area contributed by atoms with Gasteiger partial charge in [0.05, 0.1) is 39.6 Å². The number of carbonyl (C=O) groups excluding carboxylic acids is 2. The van der Waals surface area contributed by atoms with E-state index in [-0.39, 0.29) is 25.5 Å². The van der Waals surface area contributed by atoms with Gasteiger partial charge in [-0.2, -0.15) is 0 Å². The summed E-state index contributed by atoms with van der Waals surface area (Å²) >= 11 is 17.5. The van der Waals surface area contributed by atoms with Crippen LogP contribution in [-0.2, 0) is 32.3 Å². The Labute approximate surface area is 240 Å². The minimum atomic E-state index is -2.17. The molecule has 208 valence electrons. The van der Waals surface area contributed by atoms with Gasteiger partial charge in [-0.1, -0.05) is 96.3 Å². The maximum Gasteiger partial charge on any atom is 0.272 e. The lowest BCUT2D eigenvalue weighted by Crippen LogP contribution is -2.52. The first-order valence-electron chi connectivity index (χ1n) is 12.0. The van der Waals surface area contributed by atoms with Crippen LogP contribution in [0, 0.1) is 5.41 Å². The van der Waals surface area contributed by atoms with E-state index >= 15 is 0 Å². The molecule has 2 rings (SSSR count). The van der Waals surface area contributed by atoms with Gasteiger partial charge in [-0.3, -0.25) is 9.59 Å². The highest BCUT2D eigenvalue weighted by atomic mass is 35.6. The average Bonchev–Trinajstić information content (AvgIpc) is 2.88. The van der Waals surface area contributed by atoms with E-state index in [0.717, 1.165) is 16.9 Å². The maximum absolute atomic E-state index is 12.8. The van der Waals surface area contributed by atoms with E-state index in [9.17, 15) is 9.59 Å². The van der Waals surface area contributed by atoms with Crippen LogP contribution in [0.4, 0.5) is 0 Å². The number of nitrogens with one attached hydrogen (secondary N) is 1. The molecule has 38 heavy (non-hydrogen) atoms. The fourth-order valence-electron chi connectivity index (χ4n) is 3.57.